The Morgan fingerprint density at radius 2 is 2.00 bits per heavy atom. The molecule has 2 unspecified atom stereocenters. The molecule has 0 aromatic carbocycles. The highest BCUT2D eigenvalue weighted by atomic mass is 15.0. The molecule has 0 saturated carbocycles. The van der Waals surface area contributed by atoms with Crippen molar-refractivity contribution in [1.82, 2.24) is 5.32 Å². The third kappa shape index (κ3) is 3.72. The predicted molar refractivity (Wildman–Crippen MR) is 61.9 cm³/mol. The zero-order valence-electron chi connectivity index (χ0n) is 9.85. The summed E-state index contributed by atoms with van der Waals surface area (Å²) in [5, 5.41) is 3.66. The molecule has 1 aliphatic heterocycles. The smallest absolute Gasteiger partial charge is 0.127 e. The normalized spacial score (nSPS) is 33.4. The summed E-state index contributed by atoms with van der Waals surface area (Å²) in [5.74, 6) is 1.79. The minimum absolute atomic E-state index is 0.358. The van der Waals surface area contributed by atoms with Crippen molar-refractivity contribution in [3.8, 4) is 0 Å². The van der Waals surface area contributed by atoms with Crippen molar-refractivity contribution in [2.24, 2.45) is 0 Å². The Balaban J connectivity index is 2.48. The Morgan fingerprint density at radius 1 is 1.38 bits per heavy atom. The Morgan fingerprint density at radius 3 is 2.46 bits per heavy atom. The van der Waals surface area contributed by atoms with Gasteiger partial charge in [0.05, 0.1) is 0 Å². The van der Waals surface area contributed by atoms with Gasteiger partial charge in [-0.3, -0.25) is 0 Å². The number of hydrogen-bond acceptors (Lipinski definition) is 1. The van der Waals surface area contributed by atoms with Crippen LogP contribution < -0.4 is 5.32 Å². The average Bonchev–Trinajstić information content (AvgIpc) is 1.78. The molecule has 1 N–H and O–H groups in total. The van der Waals surface area contributed by atoms with E-state index in [2.05, 4.69) is 39.9 Å². The van der Waals surface area contributed by atoms with Crippen molar-refractivity contribution in [2.75, 3.05) is 0 Å². The van der Waals surface area contributed by atoms with E-state index in [0.29, 0.717) is 11.6 Å². The summed E-state index contributed by atoms with van der Waals surface area (Å²) in [6.45, 7) is 11.6. The summed E-state index contributed by atoms with van der Waals surface area (Å²) in [5.41, 5.74) is 0.358. The van der Waals surface area contributed by atoms with Crippen LogP contribution in [-0.4, -0.2) is 18.9 Å². The van der Waals surface area contributed by atoms with Crippen LogP contribution in [0.2, 0.25) is 11.6 Å². The fourth-order valence-electron chi connectivity index (χ4n) is 2.94. The molecule has 0 aliphatic carbocycles. The first-order chi connectivity index (χ1) is 5.89. The minimum Gasteiger partial charge on any atom is -0.309 e. The summed E-state index contributed by atoms with van der Waals surface area (Å²) in [4.78, 5) is 0. The van der Waals surface area contributed by atoms with Gasteiger partial charge in [-0.25, -0.2) is 0 Å². The maximum absolute atomic E-state index is 3.66. The van der Waals surface area contributed by atoms with Crippen LogP contribution in [0.1, 0.15) is 47.5 Å². The van der Waals surface area contributed by atoms with Crippen LogP contribution >= 0.6 is 0 Å². The summed E-state index contributed by atoms with van der Waals surface area (Å²) in [6.07, 6.45) is 2.71. The molecule has 76 valence electrons. The van der Waals surface area contributed by atoms with Gasteiger partial charge in [0.25, 0.3) is 0 Å². The van der Waals surface area contributed by atoms with Gasteiger partial charge in [0, 0.05) is 11.6 Å². The lowest BCUT2D eigenvalue weighted by Crippen LogP contribution is -2.50. The van der Waals surface area contributed by atoms with Crippen molar-refractivity contribution in [3.63, 3.8) is 0 Å². The van der Waals surface area contributed by atoms with E-state index in [0.717, 1.165) is 11.6 Å². The molecule has 2 heteroatoms. The highest BCUT2D eigenvalue weighted by Crippen LogP contribution is 2.32. The first-order valence-corrected chi connectivity index (χ1v) is 5.67. The number of piperidine rings is 1. The summed E-state index contributed by atoms with van der Waals surface area (Å²) < 4.78 is 0. The monoisotopic (exact) mass is 181 g/mol. The molecule has 1 fully saturated rings. The molecule has 0 aromatic rings. The number of nitrogens with one attached hydrogen (secondary N) is 1. The largest absolute Gasteiger partial charge is 0.309 e. The van der Waals surface area contributed by atoms with Gasteiger partial charge in [0.1, 0.15) is 7.28 Å². The van der Waals surface area contributed by atoms with E-state index in [9.17, 15) is 0 Å². The first-order valence-electron chi connectivity index (χ1n) is 5.67. The highest BCUT2D eigenvalue weighted by molar-refractivity contribution is 6.39. The molecule has 0 aromatic heterocycles. The quantitative estimate of drug-likeness (QED) is 0.645. The second kappa shape index (κ2) is 4.04. The zero-order chi connectivity index (χ0) is 10.1. The Kier molecular flexibility index (Phi) is 3.45. The van der Waals surface area contributed by atoms with Gasteiger partial charge < -0.3 is 5.32 Å². The summed E-state index contributed by atoms with van der Waals surface area (Å²) in [6, 6.07) is 0.701. The van der Waals surface area contributed by atoms with E-state index in [1.165, 1.54) is 20.1 Å². The molecule has 0 bridgehead atoms. The van der Waals surface area contributed by atoms with Gasteiger partial charge in [-0.15, -0.1) is 0 Å². The molecule has 13 heavy (non-hydrogen) atoms. The maximum atomic E-state index is 3.66. The standard InChI is InChI=1S/C11H24BN/c1-8(2)12-10-6-9(3)13-11(4,5)7-10/h8-10,12-13H,6-7H2,1-5H3. The molecular formula is C11H24BN. The highest BCUT2D eigenvalue weighted by Gasteiger charge is 2.31. The minimum atomic E-state index is 0.358. The van der Waals surface area contributed by atoms with Gasteiger partial charge in [0.15, 0.2) is 0 Å². The van der Waals surface area contributed by atoms with Crippen molar-refractivity contribution in [2.45, 2.75) is 70.7 Å². The number of hydrogen-bond donors (Lipinski definition) is 1. The molecule has 0 spiro atoms. The molecule has 1 aliphatic rings. The van der Waals surface area contributed by atoms with E-state index in [1.54, 1.807) is 0 Å². The summed E-state index contributed by atoms with van der Waals surface area (Å²) in [7, 11) is 1.40. The van der Waals surface area contributed by atoms with Gasteiger partial charge >= 0.3 is 0 Å². The average molecular weight is 181 g/mol. The van der Waals surface area contributed by atoms with Crippen LogP contribution in [-0.2, 0) is 0 Å². The lowest BCUT2D eigenvalue weighted by molar-refractivity contribution is 0.253. The maximum Gasteiger partial charge on any atom is 0.127 e. The van der Waals surface area contributed by atoms with Gasteiger partial charge in [-0.1, -0.05) is 25.5 Å². The molecular weight excluding hydrogens is 157 g/mol. The zero-order valence-corrected chi connectivity index (χ0v) is 9.85. The van der Waals surface area contributed by atoms with Crippen molar-refractivity contribution in [3.05, 3.63) is 0 Å². The van der Waals surface area contributed by atoms with Crippen LogP contribution in [0.4, 0.5) is 0 Å². The fourth-order valence-corrected chi connectivity index (χ4v) is 2.94. The Bertz CT molecular complexity index is 163. The SMILES string of the molecule is CC(C)BC1CC(C)NC(C)(C)C1. The molecule has 0 amide bonds. The second-order valence-corrected chi connectivity index (χ2v) is 5.86. The van der Waals surface area contributed by atoms with Crippen LogP contribution in [0.5, 0.6) is 0 Å². The van der Waals surface area contributed by atoms with E-state index in [4.69, 9.17) is 0 Å². The molecule has 1 nitrogen and oxygen atoms in total. The van der Waals surface area contributed by atoms with E-state index in [-0.39, 0.29) is 0 Å². The topological polar surface area (TPSA) is 12.0 Å². The summed E-state index contributed by atoms with van der Waals surface area (Å²) >= 11 is 0. The Labute approximate surface area is 83.9 Å². The van der Waals surface area contributed by atoms with Crippen LogP contribution in [0.25, 0.3) is 0 Å². The molecule has 1 rings (SSSR count). The van der Waals surface area contributed by atoms with Crippen molar-refractivity contribution < 1.29 is 0 Å². The number of rotatable bonds is 2. The lowest BCUT2D eigenvalue weighted by Gasteiger charge is -2.41. The van der Waals surface area contributed by atoms with Crippen LogP contribution in [0, 0.1) is 0 Å². The lowest BCUT2D eigenvalue weighted by atomic mass is 9.51. The molecule has 1 heterocycles. The second-order valence-electron chi connectivity index (χ2n) is 5.86. The van der Waals surface area contributed by atoms with Crippen molar-refractivity contribution in [1.29, 1.82) is 0 Å². The fraction of sp³-hybridized carbons (Fsp3) is 1.00. The van der Waals surface area contributed by atoms with Crippen LogP contribution in [0.3, 0.4) is 0 Å². The molecule has 2 atom stereocenters. The molecule has 1 saturated heterocycles. The van der Waals surface area contributed by atoms with E-state index >= 15 is 0 Å². The van der Waals surface area contributed by atoms with Gasteiger partial charge in [0.2, 0.25) is 0 Å². The Hall–Kier alpha value is 0.0249. The van der Waals surface area contributed by atoms with Crippen molar-refractivity contribution >= 4 is 7.28 Å². The predicted octanol–water partition coefficient (Wildman–Crippen LogP) is 2.59. The third-order valence-corrected chi connectivity index (χ3v) is 2.93. The van der Waals surface area contributed by atoms with E-state index < -0.39 is 0 Å². The van der Waals surface area contributed by atoms with Gasteiger partial charge in [-0.2, -0.15) is 0 Å². The third-order valence-electron chi connectivity index (χ3n) is 2.93. The van der Waals surface area contributed by atoms with E-state index in [1.807, 2.05) is 0 Å². The molecule has 0 radical (unpaired) electrons. The van der Waals surface area contributed by atoms with Crippen LogP contribution in [0.15, 0.2) is 0 Å². The first kappa shape index (κ1) is 11.1. The van der Waals surface area contributed by atoms with Gasteiger partial charge in [-0.05, 0) is 33.6 Å².